The maximum atomic E-state index is 12.0. The minimum Gasteiger partial charge on any atom is -0.315 e. The standard InChI is InChI=1S/C11H23NO2S/c1-5-15(13,14)9-7-6-8-11(2,3)10(9)12-4/h9-10,12H,5-8H2,1-4H3. The molecule has 2 atom stereocenters. The highest BCUT2D eigenvalue weighted by Crippen LogP contribution is 2.38. The minimum atomic E-state index is -2.92. The van der Waals surface area contributed by atoms with Crippen LogP contribution < -0.4 is 5.32 Å². The van der Waals surface area contributed by atoms with Crippen LogP contribution in [0.3, 0.4) is 0 Å². The lowest BCUT2D eigenvalue weighted by Gasteiger charge is -2.43. The molecular formula is C11H23NO2S. The fourth-order valence-corrected chi connectivity index (χ4v) is 4.63. The average Bonchev–Trinajstić information content (AvgIpc) is 2.16. The molecular weight excluding hydrogens is 210 g/mol. The van der Waals surface area contributed by atoms with E-state index in [0.717, 1.165) is 19.3 Å². The first-order chi connectivity index (χ1) is 6.85. The molecule has 0 aliphatic heterocycles. The number of hydrogen-bond donors (Lipinski definition) is 1. The summed E-state index contributed by atoms with van der Waals surface area (Å²) in [6.45, 7) is 6.06. The molecule has 90 valence electrons. The van der Waals surface area contributed by atoms with Gasteiger partial charge in [0.2, 0.25) is 0 Å². The predicted octanol–water partition coefficient (Wildman–Crippen LogP) is 1.59. The first-order valence-electron chi connectivity index (χ1n) is 5.74. The van der Waals surface area contributed by atoms with Crippen molar-refractivity contribution >= 4 is 9.84 Å². The van der Waals surface area contributed by atoms with E-state index in [-0.39, 0.29) is 22.5 Å². The molecule has 0 saturated heterocycles. The third-order valence-electron chi connectivity index (χ3n) is 3.70. The Labute approximate surface area is 93.6 Å². The molecule has 0 aromatic heterocycles. The van der Waals surface area contributed by atoms with Crippen molar-refractivity contribution in [2.75, 3.05) is 12.8 Å². The summed E-state index contributed by atoms with van der Waals surface area (Å²) in [5.74, 6) is 0.256. The quantitative estimate of drug-likeness (QED) is 0.805. The van der Waals surface area contributed by atoms with Crippen LogP contribution in [0.5, 0.6) is 0 Å². The zero-order valence-electron chi connectivity index (χ0n) is 10.2. The SMILES string of the molecule is CCS(=O)(=O)C1CCCC(C)(C)C1NC. The number of sulfone groups is 1. The highest BCUT2D eigenvalue weighted by molar-refractivity contribution is 7.92. The van der Waals surface area contributed by atoms with E-state index in [4.69, 9.17) is 0 Å². The van der Waals surface area contributed by atoms with Gasteiger partial charge in [0.05, 0.1) is 5.25 Å². The van der Waals surface area contributed by atoms with Gasteiger partial charge in [0.1, 0.15) is 0 Å². The van der Waals surface area contributed by atoms with E-state index in [1.54, 1.807) is 6.92 Å². The van der Waals surface area contributed by atoms with E-state index in [9.17, 15) is 8.42 Å². The molecule has 0 amide bonds. The lowest BCUT2D eigenvalue weighted by atomic mass is 9.73. The summed E-state index contributed by atoms with van der Waals surface area (Å²) in [5.41, 5.74) is 0.0832. The van der Waals surface area contributed by atoms with Crippen LogP contribution >= 0.6 is 0 Å². The van der Waals surface area contributed by atoms with Crippen molar-refractivity contribution in [3.8, 4) is 0 Å². The minimum absolute atomic E-state index is 0.0832. The zero-order valence-corrected chi connectivity index (χ0v) is 11.0. The van der Waals surface area contributed by atoms with E-state index in [1.165, 1.54) is 0 Å². The second kappa shape index (κ2) is 4.42. The first kappa shape index (κ1) is 13.0. The topological polar surface area (TPSA) is 46.2 Å². The van der Waals surface area contributed by atoms with Gasteiger partial charge in [-0.25, -0.2) is 8.42 Å². The van der Waals surface area contributed by atoms with Gasteiger partial charge in [0, 0.05) is 11.8 Å². The Morgan fingerprint density at radius 2 is 2.00 bits per heavy atom. The summed E-state index contributed by atoms with van der Waals surface area (Å²) in [5, 5.41) is 3.01. The summed E-state index contributed by atoms with van der Waals surface area (Å²) in [6.07, 6.45) is 2.94. The largest absolute Gasteiger partial charge is 0.315 e. The third-order valence-corrected chi connectivity index (χ3v) is 5.93. The maximum absolute atomic E-state index is 12.0. The molecule has 1 aliphatic carbocycles. The van der Waals surface area contributed by atoms with Crippen LogP contribution in [0.25, 0.3) is 0 Å². The summed E-state index contributed by atoms with van der Waals surface area (Å²) in [6, 6.07) is 0.0937. The van der Waals surface area contributed by atoms with Gasteiger partial charge in [-0.3, -0.25) is 0 Å². The molecule has 0 radical (unpaired) electrons. The Bertz CT molecular complexity index is 309. The molecule has 0 aromatic rings. The van der Waals surface area contributed by atoms with Crippen molar-refractivity contribution in [1.29, 1.82) is 0 Å². The molecule has 1 aliphatic rings. The Morgan fingerprint density at radius 3 is 2.47 bits per heavy atom. The van der Waals surface area contributed by atoms with Gasteiger partial charge in [0.25, 0.3) is 0 Å². The Morgan fingerprint density at radius 1 is 1.40 bits per heavy atom. The highest BCUT2D eigenvalue weighted by Gasteiger charge is 2.43. The van der Waals surface area contributed by atoms with Crippen LogP contribution in [0, 0.1) is 5.41 Å². The van der Waals surface area contributed by atoms with Crippen molar-refractivity contribution in [2.24, 2.45) is 5.41 Å². The monoisotopic (exact) mass is 233 g/mol. The van der Waals surface area contributed by atoms with E-state index in [2.05, 4.69) is 19.2 Å². The number of rotatable bonds is 3. The van der Waals surface area contributed by atoms with E-state index in [0.29, 0.717) is 0 Å². The third kappa shape index (κ3) is 2.53. The normalized spacial score (nSPS) is 31.5. The zero-order chi connectivity index (χ0) is 11.7. The smallest absolute Gasteiger partial charge is 0.154 e. The Kier molecular flexibility index (Phi) is 3.82. The molecule has 0 heterocycles. The molecule has 1 rings (SSSR count). The van der Waals surface area contributed by atoms with Crippen LogP contribution in [0.4, 0.5) is 0 Å². The van der Waals surface area contributed by atoms with Crippen LogP contribution in [-0.2, 0) is 9.84 Å². The van der Waals surface area contributed by atoms with Crippen LogP contribution in [0.2, 0.25) is 0 Å². The molecule has 1 fully saturated rings. The van der Waals surface area contributed by atoms with Crippen LogP contribution in [0.1, 0.15) is 40.0 Å². The number of nitrogens with one attached hydrogen (secondary N) is 1. The fourth-order valence-electron chi connectivity index (χ4n) is 2.76. The molecule has 1 saturated carbocycles. The van der Waals surface area contributed by atoms with Crippen molar-refractivity contribution in [1.82, 2.24) is 5.32 Å². The van der Waals surface area contributed by atoms with E-state index < -0.39 is 9.84 Å². The van der Waals surface area contributed by atoms with Gasteiger partial charge in [-0.1, -0.05) is 27.2 Å². The van der Waals surface area contributed by atoms with Crippen molar-refractivity contribution in [3.63, 3.8) is 0 Å². The van der Waals surface area contributed by atoms with Crippen molar-refractivity contribution in [2.45, 2.75) is 51.3 Å². The van der Waals surface area contributed by atoms with Gasteiger partial charge >= 0.3 is 0 Å². The molecule has 0 aromatic carbocycles. The van der Waals surface area contributed by atoms with Gasteiger partial charge < -0.3 is 5.32 Å². The molecule has 4 heteroatoms. The lowest BCUT2D eigenvalue weighted by Crippen LogP contribution is -2.54. The number of hydrogen-bond acceptors (Lipinski definition) is 3. The predicted molar refractivity (Wildman–Crippen MR) is 63.7 cm³/mol. The average molecular weight is 233 g/mol. The molecule has 0 spiro atoms. The molecule has 3 nitrogen and oxygen atoms in total. The second-order valence-electron chi connectivity index (χ2n) is 5.14. The molecule has 2 unspecified atom stereocenters. The summed E-state index contributed by atoms with van der Waals surface area (Å²) < 4.78 is 23.9. The Balaban J connectivity index is 2.98. The summed E-state index contributed by atoms with van der Waals surface area (Å²) >= 11 is 0. The van der Waals surface area contributed by atoms with Gasteiger partial charge in [-0.15, -0.1) is 0 Å². The van der Waals surface area contributed by atoms with Crippen LogP contribution in [0.15, 0.2) is 0 Å². The van der Waals surface area contributed by atoms with E-state index in [1.807, 2.05) is 7.05 Å². The maximum Gasteiger partial charge on any atom is 0.154 e. The lowest BCUT2D eigenvalue weighted by molar-refractivity contribution is 0.178. The molecule has 0 bridgehead atoms. The molecule has 1 N–H and O–H groups in total. The van der Waals surface area contributed by atoms with Crippen molar-refractivity contribution < 1.29 is 8.42 Å². The Hall–Kier alpha value is -0.0900. The van der Waals surface area contributed by atoms with Gasteiger partial charge in [0.15, 0.2) is 9.84 Å². The van der Waals surface area contributed by atoms with Crippen LogP contribution in [-0.4, -0.2) is 32.5 Å². The summed E-state index contributed by atoms with van der Waals surface area (Å²) in [7, 11) is -1.05. The van der Waals surface area contributed by atoms with Crippen molar-refractivity contribution in [3.05, 3.63) is 0 Å². The molecule has 15 heavy (non-hydrogen) atoms. The van der Waals surface area contributed by atoms with Gasteiger partial charge in [-0.05, 0) is 25.3 Å². The first-order valence-corrected chi connectivity index (χ1v) is 7.45. The van der Waals surface area contributed by atoms with E-state index >= 15 is 0 Å². The second-order valence-corrected chi connectivity index (χ2v) is 7.65. The van der Waals surface area contributed by atoms with Gasteiger partial charge in [-0.2, -0.15) is 0 Å². The highest BCUT2D eigenvalue weighted by atomic mass is 32.2. The summed E-state index contributed by atoms with van der Waals surface area (Å²) in [4.78, 5) is 0. The fraction of sp³-hybridized carbons (Fsp3) is 1.00.